The summed E-state index contributed by atoms with van der Waals surface area (Å²) in [6.07, 6.45) is 0.671. The highest BCUT2D eigenvalue weighted by atomic mass is 19.1. The predicted molar refractivity (Wildman–Crippen MR) is 48.5 cm³/mol. The average Bonchev–Trinajstić information content (AvgIpc) is 2.13. The van der Waals surface area contributed by atoms with Gasteiger partial charge in [0.15, 0.2) is 0 Å². The van der Waals surface area contributed by atoms with Crippen LogP contribution in [-0.2, 0) is 11.3 Å². The lowest BCUT2D eigenvalue weighted by atomic mass is 10.3. The molecule has 8 heteroatoms. The molecule has 0 saturated heterocycles. The number of primary amides is 1. The Labute approximate surface area is 82.5 Å². The van der Waals surface area contributed by atoms with E-state index in [1.807, 2.05) is 0 Å². The van der Waals surface area contributed by atoms with Crippen molar-refractivity contribution in [2.24, 2.45) is 11.5 Å². The highest BCUT2D eigenvalue weighted by molar-refractivity contribution is 5.79. The number of aromatic nitrogens is 2. The molecule has 0 bridgehead atoms. The van der Waals surface area contributed by atoms with Crippen LogP contribution in [0.3, 0.4) is 0 Å². The molecule has 1 heterocycles. The predicted octanol–water partition coefficient (Wildman–Crippen LogP) is -2.51. The molecule has 7 nitrogen and oxygen atoms in total. The van der Waals surface area contributed by atoms with E-state index in [0.717, 1.165) is 4.57 Å². The molecule has 0 aromatic carbocycles. The normalized spacial score (nSPS) is 12.4. The molecule has 1 amide bonds. The number of carbonyl (C=O) groups is 1. The van der Waals surface area contributed by atoms with Gasteiger partial charge in [-0.25, -0.2) is 4.79 Å². The quantitative estimate of drug-likeness (QED) is 0.516. The van der Waals surface area contributed by atoms with Crippen LogP contribution in [0.25, 0.3) is 0 Å². The van der Waals surface area contributed by atoms with E-state index in [0.29, 0.717) is 6.20 Å². The first-order chi connectivity index (χ1) is 6.91. The van der Waals surface area contributed by atoms with Crippen molar-refractivity contribution >= 4 is 5.91 Å². The summed E-state index contributed by atoms with van der Waals surface area (Å²) >= 11 is 0. The van der Waals surface area contributed by atoms with Crippen LogP contribution in [0.2, 0.25) is 0 Å². The monoisotopic (exact) mass is 216 g/mol. The van der Waals surface area contributed by atoms with Gasteiger partial charge in [-0.1, -0.05) is 0 Å². The van der Waals surface area contributed by atoms with Crippen LogP contribution in [0.5, 0.6) is 0 Å². The summed E-state index contributed by atoms with van der Waals surface area (Å²) in [5.74, 6) is -1.96. The Morgan fingerprint density at radius 2 is 2.20 bits per heavy atom. The minimum absolute atomic E-state index is 0.290. The maximum absolute atomic E-state index is 12.8. The van der Waals surface area contributed by atoms with Crippen molar-refractivity contribution in [2.45, 2.75) is 12.6 Å². The molecule has 0 aliphatic rings. The maximum atomic E-state index is 12.8. The lowest BCUT2D eigenvalue weighted by Crippen LogP contribution is -2.43. The van der Waals surface area contributed by atoms with Crippen molar-refractivity contribution < 1.29 is 9.18 Å². The summed E-state index contributed by atoms with van der Waals surface area (Å²) in [5, 5.41) is 0. The molecule has 1 aromatic heterocycles. The summed E-state index contributed by atoms with van der Waals surface area (Å²) < 4.78 is 13.5. The molecule has 0 aliphatic heterocycles. The number of hydrogen-bond donors (Lipinski definition) is 3. The molecule has 1 rings (SSSR count). The van der Waals surface area contributed by atoms with Crippen molar-refractivity contribution in [3.05, 3.63) is 32.9 Å². The number of nitrogens with one attached hydrogen (secondary N) is 1. The number of halogens is 1. The molecule has 1 unspecified atom stereocenters. The van der Waals surface area contributed by atoms with E-state index in [-0.39, 0.29) is 6.54 Å². The number of carbonyl (C=O) groups excluding carboxylic acids is 1. The van der Waals surface area contributed by atoms with Crippen LogP contribution < -0.4 is 22.7 Å². The molecule has 1 aromatic rings. The largest absolute Gasteiger partial charge is 0.368 e. The van der Waals surface area contributed by atoms with Crippen LogP contribution in [0.1, 0.15) is 0 Å². The second kappa shape index (κ2) is 4.05. The first kappa shape index (κ1) is 11.1. The molecule has 82 valence electrons. The molecule has 0 aliphatic carbocycles. The summed E-state index contributed by atoms with van der Waals surface area (Å²) in [4.78, 5) is 34.0. The van der Waals surface area contributed by atoms with Crippen molar-refractivity contribution in [3.8, 4) is 0 Å². The highest BCUT2D eigenvalue weighted by Crippen LogP contribution is 1.87. The van der Waals surface area contributed by atoms with Gasteiger partial charge in [-0.3, -0.25) is 19.1 Å². The summed E-state index contributed by atoms with van der Waals surface area (Å²) in [6, 6.07) is -1.12. The summed E-state index contributed by atoms with van der Waals surface area (Å²) in [7, 11) is 0. The smallest absolute Gasteiger partial charge is 0.328 e. The van der Waals surface area contributed by atoms with Gasteiger partial charge in [-0.2, -0.15) is 4.39 Å². The topological polar surface area (TPSA) is 124 Å². The Bertz CT molecular complexity index is 492. The van der Waals surface area contributed by atoms with Crippen LogP contribution in [-0.4, -0.2) is 21.5 Å². The molecular formula is C7H9FN4O3. The lowest BCUT2D eigenvalue weighted by molar-refractivity contribution is -0.119. The third-order valence-electron chi connectivity index (χ3n) is 1.73. The first-order valence-electron chi connectivity index (χ1n) is 3.96. The Kier molecular flexibility index (Phi) is 3.00. The van der Waals surface area contributed by atoms with Gasteiger partial charge in [0, 0.05) is 0 Å². The van der Waals surface area contributed by atoms with Gasteiger partial charge in [-0.15, -0.1) is 0 Å². The fraction of sp³-hybridized carbons (Fsp3) is 0.286. The molecule has 15 heavy (non-hydrogen) atoms. The van der Waals surface area contributed by atoms with Gasteiger partial charge in [0.1, 0.15) is 6.04 Å². The van der Waals surface area contributed by atoms with E-state index in [9.17, 15) is 18.8 Å². The van der Waals surface area contributed by atoms with Gasteiger partial charge >= 0.3 is 5.69 Å². The lowest BCUT2D eigenvalue weighted by Gasteiger charge is -2.08. The standard InChI is InChI=1S/C7H9FN4O3/c8-3-1-12(2-4(9)5(10)13)7(15)11-6(3)14/h1,4H,2,9H2,(H2,10,13)(H,11,14,15). The SMILES string of the molecule is NC(=O)C(N)Cn1cc(F)c(=O)[nH]c1=O. The van der Waals surface area contributed by atoms with Gasteiger partial charge in [0.2, 0.25) is 11.7 Å². The third-order valence-corrected chi connectivity index (χ3v) is 1.73. The van der Waals surface area contributed by atoms with Gasteiger partial charge in [-0.05, 0) is 0 Å². The van der Waals surface area contributed by atoms with Gasteiger partial charge in [0.05, 0.1) is 12.7 Å². The Morgan fingerprint density at radius 1 is 1.60 bits per heavy atom. The average molecular weight is 216 g/mol. The van der Waals surface area contributed by atoms with E-state index in [2.05, 4.69) is 0 Å². The molecule has 0 fully saturated rings. The van der Waals surface area contributed by atoms with Gasteiger partial charge < -0.3 is 11.5 Å². The van der Waals surface area contributed by atoms with E-state index in [1.54, 1.807) is 4.98 Å². The molecule has 0 spiro atoms. The van der Waals surface area contributed by atoms with Crippen molar-refractivity contribution in [1.29, 1.82) is 0 Å². The van der Waals surface area contributed by atoms with E-state index in [4.69, 9.17) is 11.5 Å². The van der Waals surface area contributed by atoms with Gasteiger partial charge in [0.25, 0.3) is 5.56 Å². The third kappa shape index (κ3) is 2.50. The zero-order valence-electron chi connectivity index (χ0n) is 7.57. The fourth-order valence-electron chi connectivity index (χ4n) is 0.920. The van der Waals surface area contributed by atoms with Crippen LogP contribution in [0.15, 0.2) is 15.8 Å². The fourth-order valence-corrected chi connectivity index (χ4v) is 0.920. The Balaban J connectivity index is 3.06. The molecule has 1 atom stereocenters. The van der Waals surface area contributed by atoms with Crippen LogP contribution >= 0.6 is 0 Å². The van der Waals surface area contributed by atoms with Crippen molar-refractivity contribution in [3.63, 3.8) is 0 Å². The first-order valence-corrected chi connectivity index (χ1v) is 3.96. The number of rotatable bonds is 3. The molecule has 0 radical (unpaired) electrons. The number of aromatic amines is 1. The number of H-pyrrole nitrogens is 1. The maximum Gasteiger partial charge on any atom is 0.328 e. The zero-order valence-corrected chi connectivity index (χ0v) is 7.57. The summed E-state index contributed by atoms with van der Waals surface area (Å²) in [5.41, 5.74) is 8.14. The number of hydrogen-bond acceptors (Lipinski definition) is 4. The second-order valence-corrected chi connectivity index (χ2v) is 2.90. The van der Waals surface area contributed by atoms with E-state index in [1.165, 1.54) is 0 Å². The number of amides is 1. The van der Waals surface area contributed by atoms with Crippen LogP contribution in [0.4, 0.5) is 4.39 Å². The zero-order chi connectivity index (χ0) is 11.6. The minimum Gasteiger partial charge on any atom is -0.368 e. The van der Waals surface area contributed by atoms with Crippen molar-refractivity contribution in [1.82, 2.24) is 9.55 Å². The second-order valence-electron chi connectivity index (χ2n) is 2.90. The number of nitrogens with two attached hydrogens (primary N) is 2. The Hall–Kier alpha value is -1.96. The molecule has 0 saturated carbocycles. The number of nitrogens with zero attached hydrogens (tertiary/aromatic N) is 1. The van der Waals surface area contributed by atoms with Crippen LogP contribution in [0, 0.1) is 5.82 Å². The van der Waals surface area contributed by atoms with E-state index >= 15 is 0 Å². The highest BCUT2D eigenvalue weighted by Gasteiger charge is 2.12. The molecular weight excluding hydrogens is 207 g/mol. The van der Waals surface area contributed by atoms with Crippen molar-refractivity contribution in [2.75, 3.05) is 0 Å². The van der Waals surface area contributed by atoms with E-state index < -0.39 is 29.0 Å². The summed E-state index contributed by atoms with van der Waals surface area (Å²) in [6.45, 7) is -0.290. The minimum atomic E-state index is -1.13. The Morgan fingerprint density at radius 3 is 2.73 bits per heavy atom. The molecule has 5 N–H and O–H groups in total.